The molecule has 0 aromatic heterocycles. The summed E-state index contributed by atoms with van der Waals surface area (Å²) in [4.78, 5) is 11.6. The van der Waals surface area contributed by atoms with Gasteiger partial charge in [-0.15, -0.1) is 0 Å². The summed E-state index contributed by atoms with van der Waals surface area (Å²) in [6.07, 6.45) is 0. The maximum absolute atomic E-state index is 11.6. The van der Waals surface area contributed by atoms with E-state index < -0.39 is 0 Å². The van der Waals surface area contributed by atoms with Gasteiger partial charge in [-0.25, -0.2) is 10.9 Å². The summed E-state index contributed by atoms with van der Waals surface area (Å²) in [5.41, 5.74) is 1.57. The van der Waals surface area contributed by atoms with Crippen LogP contribution < -0.4 is 5.84 Å². The summed E-state index contributed by atoms with van der Waals surface area (Å²) < 4.78 is 0. The van der Waals surface area contributed by atoms with Gasteiger partial charge in [0.25, 0.3) is 5.91 Å². The Morgan fingerprint density at radius 1 is 1.36 bits per heavy atom. The lowest BCUT2D eigenvalue weighted by molar-refractivity contribution is 0.0845. The van der Waals surface area contributed by atoms with Crippen molar-refractivity contribution in [3.05, 3.63) is 35.4 Å². The Bertz CT molecular complexity index is 356. The van der Waals surface area contributed by atoms with Crippen LogP contribution in [-0.2, 0) is 0 Å². The van der Waals surface area contributed by atoms with E-state index in [4.69, 9.17) is 11.3 Å². The first kappa shape index (κ1) is 10.4. The predicted octanol–water partition coefficient (Wildman–Crippen LogP) is 1.31. The maximum Gasteiger partial charge on any atom is 0.273 e. The molecule has 0 bridgehead atoms. The van der Waals surface area contributed by atoms with Crippen molar-refractivity contribution in [2.45, 2.75) is 13.8 Å². The third kappa shape index (κ3) is 2.17. The third-order valence-electron chi connectivity index (χ3n) is 1.88. The summed E-state index contributed by atoms with van der Waals surface area (Å²) in [6.45, 7) is 3.41. The van der Waals surface area contributed by atoms with Crippen molar-refractivity contribution < 1.29 is 4.79 Å². The summed E-state index contributed by atoms with van der Waals surface area (Å²) in [5, 5.41) is 8.03. The first-order valence-corrected chi connectivity index (χ1v) is 4.23. The van der Waals surface area contributed by atoms with Crippen molar-refractivity contribution in [1.82, 2.24) is 5.01 Å². The molecule has 0 heterocycles. The van der Waals surface area contributed by atoms with Crippen LogP contribution in [0.5, 0.6) is 0 Å². The maximum atomic E-state index is 11.6. The number of aryl methyl sites for hydroxylation is 1. The Balaban J connectivity index is 2.90. The van der Waals surface area contributed by atoms with E-state index in [-0.39, 0.29) is 11.7 Å². The molecule has 4 nitrogen and oxygen atoms in total. The number of hydrogen-bond acceptors (Lipinski definition) is 3. The molecule has 0 saturated heterocycles. The zero-order chi connectivity index (χ0) is 10.7. The number of hydrazine groups is 1. The second kappa shape index (κ2) is 4.02. The van der Waals surface area contributed by atoms with Gasteiger partial charge in [0.2, 0.25) is 0 Å². The van der Waals surface area contributed by atoms with E-state index in [0.29, 0.717) is 5.56 Å². The predicted molar refractivity (Wildman–Crippen MR) is 54.9 cm³/mol. The average molecular weight is 191 g/mol. The SMILES string of the molecule is CC(=N)N(N)C(=O)c1ccc(C)cc1. The molecule has 0 aliphatic rings. The van der Waals surface area contributed by atoms with Crippen molar-refractivity contribution in [2.75, 3.05) is 0 Å². The molecule has 0 aliphatic heterocycles. The Labute approximate surface area is 82.8 Å². The van der Waals surface area contributed by atoms with E-state index in [1.54, 1.807) is 12.1 Å². The highest BCUT2D eigenvalue weighted by Gasteiger charge is 2.12. The van der Waals surface area contributed by atoms with Crippen molar-refractivity contribution >= 4 is 11.7 Å². The van der Waals surface area contributed by atoms with Gasteiger partial charge in [0, 0.05) is 5.56 Å². The van der Waals surface area contributed by atoms with Crippen molar-refractivity contribution in [2.24, 2.45) is 5.84 Å². The van der Waals surface area contributed by atoms with Gasteiger partial charge in [-0.2, -0.15) is 0 Å². The molecule has 0 fully saturated rings. The standard InChI is InChI=1S/C10H13N3O/c1-7-3-5-9(6-4-7)10(14)13(12)8(2)11/h3-6,11H,12H2,1-2H3. The van der Waals surface area contributed by atoms with Gasteiger partial charge < -0.3 is 0 Å². The van der Waals surface area contributed by atoms with Crippen LogP contribution in [0.25, 0.3) is 0 Å². The first-order valence-electron chi connectivity index (χ1n) is 4.23. The molecule has 14 heavy (non-hydrogen) atoms. The fourth-order valence-electron chi connectivity index (χ4n) is 0.988. The van der Waals surface area contributed by atoms with Gasteiger partial charge in [0.15, 0.2) is 0 Å². The Kier molecular flexibility index (Phi) is 2.99. The molecule has 1 aromatic rings. The smallest absolute Gasteiger partial charge is 0.273 e. The molecule has 1 amide bonds. The van der Waals surface area contributed by atoms with Gasteiger partial charge in [-0.05, 0) is 26.0 Å². The number of nitrogens with one attached hydrogen (secondary N) is 1. The average Bonchev–Trinajstić information content (AvgIpc) is 2.16. The summed E-state index contributed by atoms with van der Waals surface area (Å²) in [6, 6.07) is 7.06. The lowest BCUT2D eigenvalue weighted by Gasteiger charge is -2.14. The van der Waals surface area contributed by atoms with Crippen molar-refractivity contribution in [3.63, 3.8) is 0 Å². The third-order valence-corrected chi connectivity index (χ3v) is 1.88. The molecular weight excluding hydrogens is 178 g/mol. The van der Waals surface area contributed by atoms with E-state index in [2.05, 4.69) is 0 Å². The quantitative estimate of drug-likeness (QED) is 0.231. The topological polar surface area (TPSA) is 70.2 Å². The molecular formula is C10H13N3O. The van der Waals surface area contributed by atoms with Gasteiger partial charge >= 0.3 is 0 Å². The number of carbonyl (C=O) groups is 1. The van der Waals surface area contributed by atoms with Crippen LogP contribution in [0.3, 0.4) is 0 Å². The zero-order valence-corrected chi connectivity index (χ0v) is 8.24. The first-order chi connectivity index (χ1) is 6.52. The fraction of sp³-hybridized carbons (Fsp3) is 0.200. The molecule has 0 saturated carbocycles. The van der Waals surface area contributed by atoms with E-state index in [0.717, 1.165) is 10.6 Å². The van der Waals surface area contributed by atoms with Crippen molar-refractivity contribution in [3.8, 4) is 0 Å². The summed E-state index contributed by atoms with van der Waals surface area (Å²) in [5.74, 6) is 5.05. The van der Waals surface area contributed by atoms with Gasteiger partial charge in [-0.3, -0.25) is 10.2 Å². The highest BCUT2D eigenvalue weighted by Crippen LogP contribution is 2.05. The minimum atomic E-state index is -0.363. The summed E-state index contributed by atoms with van der Waals surface area (Å²) >= 11 is 0. The van der Waals surface area contributed by atoms with Crippen LogP contribution in [0.15, 0.2) is 24.3 Å². The number of amides is 1. The molecule has 0 aliphatic carbocycles. The Hall–Kier alpha value is -1.68. The van der Waals surface area contributed by atoms with E-state index in [1.807, 2.05) is 19.1 Å². The number of rotatable bonds is 1. The van der Waals surface area contributed by atoms with Crippen LogP contribution in [0.1, 0.15) is 22.8 Å². The number of carbonyl (C=O) groups excluding carboxylic acids is 1. The van der Waals surface area contributed by atoms with Gasteiger partial charge in [0.05, 0.1) is 0 Å². The molecule has 1 rings (SSSR count). The highest BCUT2D eigenvalue weighted by atomic mass is 16.2. The second-order valence-electron chi connectivity index (χ2n) is 3.13. The fourth-order valence-corrected chi connectivity index (χ4v) is 0.988. The molecule has 3 N–H and O–H groups in total. The Morgan fingerprint density at radius 3 is 2.29 bits per heavy atom. The highest BCUT2D eigenvalue weighted by molar-refractivity contribution is 6.04. The molecule has 4 heteroatoms. The normalized spacial score (nSPS) is 9.64. The van der Waals surface area contributed by atoms with E-state index in [1.165, 1.54) is 6.92 Å². The molecule has 0 unspecified atom stereocenters. The molecule has 0 atom stereocenters. The monoisotopic (exact) mass is 191 g/mol. The van der Waals surface area contributed by atoms with Crippen LogP contribution in [0.2, 0.25) is 0 Å². The molecule has 0 spiro atoms. The van der Waals surface area contributed by atoms with Crippen LogP contribution in [-0.4, -0.2) is 16.8 Å². The molecule has 0 radical (unpaired) electrons. The van der Waals surface area contributed by atoms with Gasteiger partial charge in [-0.1, -0.05) is 17.7 Å². The zero-order valence-electron chi connectivity index (χ0n) is 8.24. The number of hydrogen-bond donors (Lipinski definition) is 2. The molecule has 1 aromatic carbocycles. The largest absolute Gasteiger partial charge is 0.287 e. The second-order valence-corrected chi connectivity index (χ2v) is 3.13. The lowest BCUT2D eigenvalue weighted by atomic mass is 10.1. The number of nitrogens with zero attached hydrogens (tertiary/aromatic N) is 1. The molecule has 74 valence electrons. The van der Waals surface area contributed by atoms with Crippen LogP contribution in [0, 0.1) is 12.3 Å². The number of benzene rings is 1. The van der Waals surface area contributed by atoms with Gasteiger partial charge in [0.1, 0.15) is 5.84 Å². The van der Waals surface area contributed by atoms with Crippen LogP contribution in [0.4, 0.5) is 0 Å². The van der Waals surface area contributed by atoms with E-state index >= 15 is 0 Å². The summed E-state index contributed by atoms with van der Waals surface area (Å²) in [7, 11) is 0. The van der Waals surface area contributed by atoms with Crippen LogP contribution >= 0.6 is 0 Å². The van der Waals surface area contributed by atoms with Crippen molar-refractivity contribution in [1.29, 1.82) is 5.41 Å². The minimum absolute atomic E-state index is 0.0237. The van der Waals surface area contributed by atoms with E-state index in [9.17, 15) is 4.79 Å². The number of nitrogens with two attached hydrogens (primary N) is 1. The lowest BCUT2D eigenvalue weighted by Crippen LogP contribution is -2.40. The minimum Gasteiger partial charge on any atom is -0.287 e. The Morgan fingerprint density at radius 2 is 1.86 bits per heavy atom. The number of amidine groups is 1.